The lowest BCUT2D eigenvalue weighted by molar-refractivity contribution is -0.384. The fourth-order valence-electron chi connectivity index (χ4n) is 4.50. The van der Waals surface area contributed by atoms with Gasteiger partial charge in [0.25, 0.3) is 5.69 Å². The second-order valence-electron chi connectivity index (χ2n) is 7.99. The van der Waals surface area contributed by atoms with E-state index in [0.717, 1.165) is 70.6 Å². The zero-order chi connectivity index (χ0) is 23.5. The predicted octanol–water partition coefficient (Wildman–Crippen LogP) is 2.78. The zero-order valence-corrected chi connectivity index (χ0v) is 20.8. The summed E-state index contributed by atoms with van der Waals surface area (Å²) in [7, 11) is 0. The minimum Gasteiger partial charge on any atom is -1.00 e. The lowest BCUT2D eigenvalue weighted by atomic mass is 9.93. The number of hydrogen-bond donors (Lipinski definition) is 0. The molecule has 1 aliphatic heterocycles. The average Bonchev–Trinajstić information content (AvgIpc) is 2.84. The third kappa shape index (κ3) is 4.64. The van der Waals surface area contributed by atoms with Gasteiger partial charge in [0, 0.05) is 59.6 Å². The molecule has 0 fully saturated rings. The lowest BCUT2D eigenvalue weighted by Gasteiger charge is -2.22. The monoisotopic (exact) mass is 479 g/mol. The molecule has 178 valence electrons. The number of hydrogen-bond acceptors (Lipinski definition) is 4. The Hall–Kier alpha value is -3.38. The van der Waals surface area contributed by atoms with Crippen molar-refractivity contribution < 1.29 is 21.7 Å². The van der Waals surface area contributed by atoms with Crippen LogP contribution in [0.25, 0.3) is 33.4 Å². The van der Waals surface area contributed by atoms with Crippen LogP contribution in [0.1, 0.15) is 27.7 Å². The number of nitrogens with zero attached hydrogens (tertiary/aromatic N) is 3. The molecule has 2 aromatic carbocycles. The van der Waals surface area contributed by atoms with Crippen LogP contribution in [0, 0.1) is 10.1 Å². The summed E-state index contributed by atoms with van der Waals surface area (Å²) in [4.78, 5) is 13.1. The van der Waals surface area contributed by atoms with E-state index in [0.29, 0.717) is 0 Å². The van der Waals surface area contributed by atoms with Crippen LogP contribution in [0.15, 0.2) is 65.1 Å². The predicted molar refractivity (Wildman–Crippen MR) is 135 cm³/mol. The fraction of sp³-hybridized carbons (Fsp3) is 0.296. The van der Waals surface area contributed by atoms with Gasteiger partial charge in [0.2, 0.25) is 5.36 Å². The van der Waals surface area contributed by atoms with Crippen molar-refractivity contribution in [3.8, 4) is 22.5 Å². The van der Waals surface area contributed by atoms with E-state index in [1.54, 1.807) is 12.1 Å². The van der Waals surface area contributed by atoms with Crippen molar-refractivity contribution in [1.82, 2.24) is 4.58 Å². The molecule has 0 N–H and O–H groups in total. The molecule has 2 aromatic rings. The van der Waals surface area contributed by atoms with E-state index in [1.807, 2.05) is 12.1 Å². The second-order valence-corrected chi connectivity index (χ2v) is 7.99. The van der Waals surface area contributed by atoms with Gasteiger partial charge in [0.15, 0.2) is 0 Å². The third-order valence-corrected chi connectivity index (χ3v) is 6.31. The maximum Gasteiger partial charge on any atom is 0.269 e. The fourth-order valence-corrected chi connectivity index (χ4v) is 4.50. The molecule has 0 saturated carbocycles. The van der Waals surface area contributed by atoms with Crippen molar-refractivity contribution in [2.24, 2.45) is 0 Å². The summed E-state index contributed by atoms with van der Waals surface area (Å²) in [6, 6.07) is 19.4. The normalized spacial score (nSPS) is 10.8. The zero-order valence-electron chi connectivity index (χ0n) is 20.0. The van der Waals surface area contributed by atoms with Crippen LogP contribution in [0.2, 0.25) is 0 Å². The standard InChI is InChI=1S/C27H30N3O3.ClH/c1-5-28(6-2)21-13-15-23-25(17-21)33-26-18-22(29(7-3)8-4)14-16-24(26)27(23)19-9-11-20(12-10-19)30(31)32;/h9-18H,5-8H2,1-4H3;1H/q+1;/p-1. The third-order valence-electron chi connectivity index (χ3n) is 6.31. The molecule has 0 aromatic heterocycles. The first-order chi connectivity index (χ1) is 16.0. The van der Waals surface area contributed by atoms with Gasteiger partial charge in [-0.15, -0.1) is 0 Å². The summed E-state index contributed by atoms with van der Waals surface area (Å²) < 4.78 is 8.76. The quantitative estimate of drug-likeness (QED) is 0.177. The Morgan fingerprint density at radius 2 is 1.56 bits per heavy atom. The van der Waals surface area contributed by atoms with E-state index in [4.69, 9.17) is 4.42 Å². The Morgan fingerprint density at radius 3 is 2.15 bits per heavy atom. The Labute approximate surface area is 206 Å². The lowest BCUT2D eigenvalue weighted by Crippen LogP contribution is -3.00. The maximum absolute atomic E-state index is 11.2. The van der Waals surface area contributed by atoms with Crippen molar-refractivity contribution in [3.05, 3.63) is 76.1 Å². The molecular weight excluding hydrogens is 450 g/mol. The molecule has 0 amide bonds. The van der Waals surface area contributed by atoms with Gasteiger partial charge < -0.3 is 21.7 Å². The molecule has 0 unspecified atom stereocenters. The number of benzene rings is 3. The largest absolute Gasteiger partial charge is 1.00 e. The average molecular weight is 480 g/mol. The molecule has 1 heterocycles. The summed E-state index contributed by atoms with van der Waals surface area (Å²) in [5.41, 5.74) is 4.95. The highest BCUT2D eigenvalue weighted by Gasteiger charge is 2.20. The molecule has 4 rings (SSSR count). The summed E-state index contributed by atoms with van der Waals surface area (Å²) in [6.07, 6.45) is 0. The van der Waals surface area contributed by atoms with E-state index < -0.39 is 0 Å². The van der Waals surface area contributed by atoms with Crippen LogP contribution in [0.3, 0.4) is 0 Å². The Morgan fingerprint density at radius 1 is 0.882 bits per heavy atom. The molecule has 1 aliphatic carbocycles. The minimum atomic E-state index is -0.368. The highest BCUT2D eigenvalue weighted by Crippen LogP contribution is 2.41. The highest BCUT2D eigenvalue weighted by atomic mass is 35.5. The molecule has 0 saturated heterocycles. The van der Waals surface area contributed by atoms with Gasteiger partial charge >= 0.3 is 0 Å². The number of anilines is 1. The first kappa shape index (κ1) is 25.2. The van der Waals surface area contributed by atoms with E-state index in [2.05, 4.69) is 73.6 Å². The van der Waals surface area contributed by atoms with Crippen LogP contribution >= 0.6 is 0 Å². The molecule has 2 aliphatic rings. The van der Waals surface area contributed by atoms with Crippen LogP contribution in [0.5, 0.6) is 0 Å². The second kappa shape index (κ2) is 10.7. The first-order valence-electron chi connectivity index (χ1n) is 11.6. The van der Waals surface area contributed by atoms with Crippen molar-refractivity contribution in [2.45, 2.75) is 27.7 Å². The smallest absolute Gasteiger partial charge is 0.269 e. The number of nitro benzene ring substituents is 1. The van der Waals surface area contributed by atoms with Crippen LogP contribution in [0.4, 0.5) is 11.4 Å². The van der Waals surface area contributed by atoms with Crippen molar-refractivity contribution >= 4 is 22.3 Å². The highest BCUT2D eigenvalue weighted by molar-refractivity contribution is 6.02. The van der Waals surface area contributed by atoms with Crippen molar-refractivity contribution in [1.29, 1.82) is 0 Å². The molecular formula is C27H30ClN3O3. The summed E-state index contributed by atoms with van der Waals surface area (Å²) in [5.74, 6) is 0.803. The number of nitro groups is 1. The molecule has 0 bridgehead atoms. The van der Waals surface area contributed by atoms with E-state index in [9.17, 15) is 10.1 Å². The van der Waals surface area contributed by atoms with Crippen LogP contribution < -0.4 is 27.2 Å². The molecule has 34 heavy (non-hydrogen) atoms. The van der Waals surface area contributed by atoms with E-state index >= 15 is 0 Å². The summed E-state index contributed by atoms with van der Waals surface area (Å²) in [5, 5.41) is 13.3. The van der Waals surface area contributed by atoms with Gasteiger partial charge in [-0.05, 0) is 63.6 Å². The number of rotatable bonds is 7. The number of fused-ring (bicyclic) bond motifs is 2. The van der Waals surface area contributed by atoms with Gasteiger partial charge in [-0.2, -0.15) is 0 Å². The minimum absolute atomic E-state index is 0. The number of non-ortho nitro benzene ring substituents is 1. The molecule has 7 heteroatoms. The Bertz CT molecular complexity index is 1340. The topological polar surface area (TPSA) is 62.5 Å². The number of halogens is 1. The first-order valence-corrected chi connectivity index (χ1v) is 11.6. The summed E-state index contributed by atoms with van der Waals surface area (Å²) >= 11 is 0. The SMILES string of the molecule is CCN(CC)c1ccc2c(-c3ccc([N+](=O)[O-])cc3)c3ccc(=[N+](CC)CC)cc-3oc2c1.[Cl-]. The van der Waals surface area contributed by atoms with E-state index in [-0.39, 0.29) is 23.0 Å². The Kier molecular flexibility index (Phi) is 7.94. The van der Waals surface area contributed by atoms with Crippen molar-refractivity contribution in [3.63, 3.8) is 0 Å². The van der Waals surface area contributed by atoms with Gasteiger partial charge in [0.05, 0.1) is 11.0 Å². The Balaban J connectivity index is 0.00000324. The van der Waals surface area contributed by atoms with Crippen molar-refractivity contribution in [2.75, 3.05) is 31.1 Å². The van der Waals surface area contributed by atoms with Crippen LogP contribution in [-0.2, 0) is 0 Å². The summed E-state index contributed by atoms with van der Waals surface area (Å²) in [6.45, 7) is 12.2. The maximum atomic E-state index is 11.2. The molecule has 0 spiro atoms. The van der Waals surface area contributed by atoms with Crippen LogP contribution in [-0.4, -0.2) is 31.1 Å². The molecule has 6 nitrogen and oxygen atoms in total. The molecule has 0 radical (unpaired) electrons. The van der Waals surface area contributed by atoms with Gasteiger partial charge in [-0.1, -0.05) is 0 Å². The van der Waals surface area contributed by atoms with E-state index in [1.165, 1.54) is 0 Å². The van der Waals surface area contributed by atoms with Gasteiger partial charge in [0.1, 0.15) is 24.4 Å². The van der Waals surface area contributed by atoms with Gasteiger partial charge in [-0.3, -0.25) is 10.1 Å². The molecule has 0 atom stereocenters. The van der Waals surface area contributed by atoms with Gasteiger partial charge in [-0.25, -0.2) is 4.58 Å².